The average molecular weight is 657 g/mol. The molecule has 0 spiro atoms. The van der Waals surface area contributed by atoms with Gasteiger partial charge in [0.25, 0.3) is 0 Å². The second-order valence-electron chi connectivity index (χ2n) is 11.0. The Labute approximate surface area is 273 Å². The molecule has 0 unspecified atom stereocenters. The minimum Gasteiger partial charge on any atom is -0.489 e. The van der Waals surface area contributed by atoms with Crippen molar-refractivity contribution in [2.45, 2.75) is 44.8 Å². The van der Waals surface area contributed by atoms with Gasteiger partial charge in [-0.25, -0.2) is 0 Å². The van der Waals surface area contributed by atoms with Gasteiger partial charge >= 0.3 is 0 Å². The number of rotatable bonds is 7. The molecule has 1 aromatic heterocycles. The van der Waals surface area contributed by atoms with E-state index in [4.69, 9.17) is 9.47 Å². The van der Waals surface area contributed by atoms with Crippen molar-refractivity contribution in [1.82, 2.24) is 20.5 Å². The number of piperidine rings is 1. The summed E-state index contributed by atoms with van der Waals surface area (Å²) in [7, 11) is 1.76. The second-order valence-corrected chi connectivity index (χ2v) is 11.0. The molecule has 4 heterocycles. The van der Waals surface area contributed by atoms with E-state index in [1.165, 1.54) is 5.69 Å². The van der Waals surface area contributed by atoms with Crippen LogP contribution in [0.15, 0.2) is 54.9 Å². The third-order valence-corrected chi connectivity index (χ3v) is 8.27. The molecular formula is C31H44Cl3N5O4. The summed E-state index contributed by atoms with van der Waals surface area (Å²) in [5.41, 5.74) is 3.24. The predicted molar refractivity (Wildman–Crippen MR) is 176 cm³/mol. The number of aromatic nitrogens is 1. The molecule has 0 radical (unpaired) electrons. The SMILES string of the molecule is COC[C@@H]1CCCN1c1ccc2c(c1)CNCC(=O)N1CC[C@@H](CC(=O)NCc3ccncc3)[C@@H](/C=C/CO2)C1.Cl.Cl.Cl. The Kier molecular flexibility index (Phi) is 15.6. The van der Waals surface area contributed by atoms with Crippen molar-refractivity contribution in [3.63, 3.8) is 0 Å². The van der Waals surface area contributed by atoms with E-state index < -0.39 is 0 Å². The zero-order chi connectivity index (χ0) is 27.7. The second kappa shape index (κ2) is 18.3. The molecule has 3 aliphatic rings. The third-order valence-electron chi connectivity index (χ3n) is 8.27. The summed E-state index contributed by atoms with van der Waals surface area (Å²) >= 11 is 0. The maximum absolute atomic E-state index is 13.1. The molecule has 9 nitrogen and oxygen atoms in total. The van der Waals surface area contributed by atoms with Gasteiger partial charge in [-0.15, -0.1) is 37.2 Å². The number of carbonyl (C=O) groups is 2. The normalized spacial score (nSPS) is 22.5. The van der Waals surface area contributed by atoms with Gasteiger partial charge < -0.3 is 29.9 Å². The van der Waals surface area contributed by atoms with Crippen LogP contribution in [0.1, 0.15) is 36.8 Å². The zero-order valence-corrected chi connectivity index (χ0v) is 27.1. The molecule has 0 aliphatic carbocycles. The van der Waals surface area contributed by atoms with E-state index in [2.05, 4.69) is 38.7 Å². The van der Waals surface area contributed by atoms with Crippen LogP contribution in [-0.2, 0) is 27.4 Å². The molecule has 5 rings (SSSR count). The number of hydrogen-bond donors (Lipinski definition) is 2. The maximum atomic E-state index is 13.1. The van der Waals surface area contributed by atoms with Crippen molar-refractivity contribution in [2.24, 2.45) is 11.8 Å². The quantitative estimate of drug-likeness (QED) is 0.432. The summed E-state index contributed by atoms with van der Waals surface area (Å²) in [4.78, 5) is 34.3. The summed E-state index contributed by atoms with van der Waals surface area (Å²) in [5.74, 6) is 1.22. The topological polar surface area (TPSA) is 96.0 Å². The summed E-state index contributed by atoms with van der Waals surface area (Å²) in [5, 5.41) is 6.39. The van der Waals surface area contributed by atoms with Crippen LogP contribution in [0.5, 0.6) is 5.75 Å². The predicted octanol–water partition coefficient (Wildman–Crippen LogP) is 4.17. The lowest BCUT2D eigenvalue weighted by Crippen LogP contribution is -2.47. The van der Waals surface area contributed by atoms with Crippen molar-refractivity contribution in [3.8, 4) is 5.75 Å². The average Bonchev–Trinajstić information content (AvgIpc) is 3.44. The number of pyridine rings is 1. The standard InChI is InChI=1S/C31H41N5O4.3ClH/c1-39-22-28-5-2-13-36(28)27-6-7-29-26(16-27)19-33-20-31(38)35-14-10-24(25(21-35)4-3-15-40-29)17-30(37)34-18-23-8-11-32-12-9-23;;;/h3-4,6-9,11-12,16,24-25,28,33H,2,5,10,13-15,17-22H2,1H3,(H,34,37);3*1H/b4-3+;;;/t24-,25-,28-;;;/m0.../s1. The molecule has 2 bridgehead atoms. The molecule has 1 aromatic carbocycles. The van der Waals surface area contributed by atoms with Crippen molar-refractivity contribution in [3.05, 3.63) is 66.0 Å². The summed E-state index contributed by atoms with van der Waals surface area (Å²) < 4.78 is 11.7. The number of ether oxygens (including phenoxy) is 2. The lowest BCUT2D eigenvalue weighted by atomic mass is 9.82. The Hall–Kier alpha value is -2.56. The highest BCUT2D eigenvalue weighted by Crippen LogP contribution is 2.31. The molecule has 238 valence electrons. The fraction of sp³-hybridized carbons (Fsp3) is 0.516. The first kappa shape index (κ1) is 36.6. The minimum atomic E-state index is 0. The number of anilines is 1. The molecule has 2 fully saturated rings. The van der Waals surface area contributed by atoms with E-state index in [0.29, 0.717) is 45.2 Å². The van der Waals surface area contributed by atoms with Gasteiger partial charge in [-0.2, -0.15) is 0 Å². The van der Waals surface area contributed by atoms with Gasteiger partial charge in [0.05, 0.1) is 19.2 Å². The van der Waals surface area contributed by atoms with Crippen molar-refractivity contribution >= 4 is 54.7 Å². The van der Waals surface area contributed by atoms with Crippen LogP contribution in [-0.4, -0.2) is 74.2 Å². The molecule has 0 saturated carbocycles. The smallest absolute Gasteiger partial charge is 0.236 e. The molecule has 2 aromatic rings. The molecule has 2 N–H and O–H groups in total. The highest BCUT2D eigenvalue weighted by atomic mass is 35.5. The van der Waals surface area contributed by atoms with E-state index in [0.717, 1.165) is 49.3 Å². The highest BCUT2D eigenvalue weighted by molar-refractivity contribution is 5.86. The van der Waals surface area contributed by atoms with Gasteiger partial charge in [0.15, 0.2) is 0 Å². The number of nitrogens with one attached hydrogen (secondary N) is 2. The molecule has 3 atom stereocenters. The Balaban J connectivity index is 0.00000215. The summed E-state index contributed by atoms with van der Waals surface area (Å²) in [6.45, 7) is 4.77. The van der Waals surface area contributed by atoms with Crippen molar-refractivity contribution in [1.29, 1.82) is 0 Å². The van der Waals surface area contributed by atoms with Gasteiger partial charge in [-0.05, 0) is 67.0 Å². The minimum absolute atomic E-state index is 0. The lowest BCUT2D eigenvalue weighted by Gasteiger charge is -2.37. The molecule has 2 amide bonds. The largest absolute Gasteiger partial charge is 0.489 e. The number of fused-ring (bicyclic) bond motifs is 3. The van der Waals surface area contributed by atoms with E-state index >= 15 is 0 Å². The van der Waals surface area contributed by atoms with Crippen LogP contribution >= 0.6 is 37.2 Å². The van der Waals surface area contributed by atoms with Crippen LogP contribution in [0.25, 0.3) is 0 Å². The Morgan fingerprint density at radius 1 is 1.12 bits per heavy atom. The van der Waals surface area contributed by atoms with E-state index in [-0.39, 0.29) is 67.4 Å². The van der Waals surface area contributed by atoms with Gasteiger partial charge in [-0.1, -0.05) is 12.2 Å². The molecule has 12 heteroatoms. The van der Waals surface area contributed by atoms with Crippen LogP contribution in [0.2, 0.25) is 0 Å². The number of halogens is 3. The van der Waals surface area contributed by atoms with E-state index in [1.807, 2.05) is 29.2 Å². The van der Waals surface area contributed by atoms with Crippen molar-refractivity contribution in [2.75, 3.05) is 51.4 Å². The van der Waals surface area contributed by atoms with Crippen molar-refractivity contribution < 1.29 is 19.1 Å². The summed E-state index contributed by atoms with van der Waals surface area (Å²) in [6.07, 6.45) is 11.2. The number of hydrogen-bond acceptors (Lipinski definition) is 7. The lowest BCUT2D eigenvalue weighted by molar-refractivity contribution is -0.132. The fourth-order valence-corrected chi connectivity index (χ4v) is 6.09. The van der Waals surface area contributed by atoms with E-state index in [1.54, 1.807) is 19.5 Å². The molecule has 43 heavy (non-hydrogen) atoms. The maximum Gasteiger partial charge on any atom is 0.236 e. The first-order valence-electron chi connectivity index (χ1n) is 14.4. The Morgan fingerprint density at radius 3 is 2.72 bits per heavy atom. The highest BCUT2D eigenvalue weighted by Gasteiger charge is 2.31. The first-order valence-corrected chi connectivity index (χ1v) is 14.4. The van der Waals surface area contributed by atoms with Gasteiger partial charge in [0, 0.05) is 69.9 Å². The number of carbonyl (C=O) groups excluding carboxylic acids is 2. The number of benzene rings is 1. The van der Waals surface area contributed by atoms with Crippen LogP contribution in [0.4, 0.5) is 5.69 Å². The monoisotopic (exact) mass is 655 g/mol. The first-order chi connectivity index (χ1) is 19.6. The Morgan fingerprint density at radius 2 is 1.93 bits per heavy atom. The van der Waals surface area contributed by atoms with Gasteiger partial charge in [0.2, 0.25) is 11.8 Å². The molecular weight excluding hydrogens is 613 g/mol. The number of methoxy groups -OCH3 is 1. The molecule has 2 saturated heterocycles. The third kappa shape index (κ3) is 9.98. The van der Waals surface area contributed by atoms with Crippen LogP contribution in [0, 0.1) is 11.8 Å². The summed E-state index contributed by atoms with van der Waals surface area (Å²) in [6, 6.07) is 10.5. The molecule has 3 aliphatic heterocycles. The number of nitrogens with zero attached hydrogens (tertiary/aromatic N) is 3. The van der Waals surface area contributed by atoms with Crippen LogP contribution in [0.3, 0.4) is 0 Å². The van der Waals surface area contributed by atoms with Gasteiger partial charge in [0.1, 0.15) is 12.4 Å². The Bertz CT molecular complexity index is 1190. The van der Waals surface area contributed by atoms with Gasteiger partial charge in [-0.3, -0.25) is 14.6 Å². The zero-order valence-electron chi connectivity index (χ0n) is 24.6. The van der Waals surface area contributed by atoms with E-state index in [9.17, 15) is 9.59 Å². The number of amides is 2. The fourth-order valence-electron chi connectivity index (χ4n) is 6.09. The van der Waals surface area contributed by atoms with Crippen LogP contribution < -0.4 is 20.3 Å².